The van der Waals surface area contributed by atoms with Crippen LogP contribution in [0.4, 0.5) is 5.13 Å². The fraction of sp³-hybridized carbons (Fsp3) is 0. The van der Waals surface area contributed by atoms with Gasteiger partial charge in [0.2, 0.25) is 11.0 Å². The zero-order chi connectivity index (χ0) is 7.40. The van der Waals surface area contributed by atoms with Crippen LogP contribution in [-0.4, -0.2) is 16.1 Å². The normalized spacial score (nSPS) is 8.80. The molecule has 0 fully saturated rings. The van der Waals surface area contributed by atoms with Crippen molar-refractivity contribution in [3.05, 3.63) is 18.2 Å². The summed E-state index contributed by atoms with van der Waals surface area (Å²) < 4.78 is 0. The Kier molecular flexibility index (Phi) is 2.11. The molecule has 0 aliphatic carbocycles. The van der Waals surface area contributed by atoms with Crippen molar-refractivity contribution in [1.29, 1.82) is 0 Å². The molecule has 0 aliphatic rings. The first-order valence-corrected chi connectivity index (χ1v) is 3.40. The predicted octanol–water partition coefficient (Wildman–Crippen LogP) is 0.663. The number of nitrogens with one attached hydrogen (secondary N) is 1. The molecule has 52 valence electrons. The van der Waals surface area contributed by atoms with Crippen LogP contribution in [0.2, 0.25) is 0 Å². The average Bonchev–Trinajstić information content (AvgIpc) is 2.40. The highest BCUT2D eigenvalue weighted by atomic mass is 32.1. The molecular formula is C5H5N3OS. The van der Waals surface area contributed by atoms with E-state index in [0.29, 0.717) is 5.13 Å². The molecule has 0 aromatic carbocycles. The van der Waals surface area contributed by atoms with Crippen LogP contribution in [0.15, 0.2) is 18.2 Å². The largest absolute Gasteiger partial charge is 0.297 e. The van der Waals surface area contributed by atoms with E-state index in [4.69, 9.17) is 0 Å². The molecule has 5 heteroatoms. The van der Waals surface area contributed by atoms with Gasteiger partial charge in [0, 0.05) is 0 Å². The first-order chi connectivity index (χ1) is 4.83. The number of carbonyl (C=O) groups is 1. The van der Waals surface area contributed by atoms with Crippen molar-refractivity contribution in [1.82, 2.24) is 10.2 Å². The number of hydrogen-bond acceptors (Lipinski definition) is 4. The highest BCUT2D eigenvalue weighted by Crippen LogP contribution is 2.06. The molecule has 0 unspecified atom stereocenters. The maximum Gasteiger partial charge on any atom is 0.249 e. The number of nitrogens with zero attached hydrogens (tertiary/aromatic N) is 2. The minimum Gasteiger partial charge on any atom is -0.297 e. The third-order valence-corrected chi connectivity index (χ3v) is 1.38. The number of amides is 1. The van der Waals surface area contributed by atoms with Gasteiger partial charge in [-0.2, -0.15) is 0 Å². The molecule has 1 aromatic rings. The van der Waals surface area contributed by atoms with E-state index >= 15 is 0 Å². The second kappa shape index (κ2) is 3.07. The second-order valence-electron chi connectivity index (χ2n) is 1.44. The first kappa shape index (κ1) is 6.88. The zero-order valence-corrected chi connectivity index (χ0v) is 5.89. The van der Waals surface area contributed by atoms with Gasteiger partial charge in [-0.15, -0.1) is 10.2 Å². The maximum atomic E-state index is 10.6. The highest BCUT2D eigenvalue weighted by molar-refractivity contribution is 7.13. The number of hydrogen-bond donors (Lipinski definition) is 1. The molecule has 0 bridgehead atoms. The van der Waals surface area contributed by atoms with Gasteiger partial charge < -0.3 is 0 Å². The summed E-state index contributed by atoms with van der Waals surface area (Å²) in [4.78, 5) is 10.6. The lowest BCUT2D eigenvalue weighted by Gasteiger charge is -1.90. The predicted molar refractivity (Wildman–Crippen MR) is 38.7 cm³/mol. The summed E-state index contributed by atoms with van der Waals surface area (Å²) in [5.41, 5.74) is 1.54. The molecule has 1 N–H and O–H groups in total. The van der Waals surface area contributed by atoms with Crippen LogP contribution in [0.5, 0.6) is 0 Å². The van der Waals surface area contributed by atoms with Crippen LogP contribution in [0.1, 0.15) is 0 Å². The summed E-state index contributed by atoms with van der Waals surface area (Å²) in [6.45, 7) is 3.29. The Hall–Kier alpha value is -1.23. The second-order valence-corrected chi connectivity index (χ2v) is 2.27. The summed E-state index contributed by atoms with van der Waals surface area (Å²) in [7, 11) is 0. The van der Waals surface area contributed by atoms with Gasteiger partial charge in [0.05, 0.1) is 0 Å². The van der Waals surface area contributed by atoms with Crippen molar-refractivity contribution < 1.29 is 4.79 Å². The number of rotatable bonds is 2. The van der Waals surface area contributed by atoms with E-state index in [1.54, 1.807) is 5.51 Å². The van der Waals surface area contributed by atoms with E-state index in [1.807, 2.05) is 0 Å². The average molecular weight is 155 g/mol. The molecule has 0 spiro atoms. The Balaban J connectivity index is 2.56. The summed E-state index contributed by atoms with van der Waals surface area (Å²) in [6, 6.07) is 0. The minimum absolute atomic E-state index is 0.267. The van der Waals surface area contributed by atoms with Crippen LogP contribution < -0.4 is 5.32 Å². The van der Waals surface area contributed by atoms with Crippen LogP contribution in [0.25, 0.3) is 0 Å². The molecule has 1 amide bonds. The lowest BCUT2D eigenvalue weighted by Crippen LogP contribution is -2.06. The van der Waals surface area contributed by atoms with Crippen molar-refractivity contribution in [2.45, 2.75) is 0 Å². The van der Waals surface area contributed by atoms with Gasteiger partial charge in [0.1, 0.15) is 5.51 Å². The molecule has 1 heterocycles. The van der Waals surface area contributed by atoms with Crippen LogP contribution >= 0.6 is 11.3 Å². The fourth-order valence-electron chi connectivity index (χ4n) is 0.384. The number of aromatic nitrogens is 2. The van der Waals surface area contributed by atoms with Crippen LogP contribution in [0, 0.1) is 0 Å². The van der Waals surface area contributed by atoms with E-state index in [1.165, 1.54) is 17.4 Å². The Morgan fingerprint density at radius 3 is 3.20 bits per heavy atom. The van der Waals surface area contributed by atoms with Gasteiger partial charge in [-0.25, -0.2) is 0 Å². The Morgan fingerprint density at radius 1 is 1.90 bits per heavy atom. The Morgan fingerprint density at radius 2 is 2.70 bits per heavy atom. The van der Waals surface area contributed by atoms with E-state index in [-0.39, 0.29) is 5.91 Å². The topological polar surface area (TPSA) is 54.9 Å². The summed E-state index contributed by atoms with van der Waals surface area (Å²) in [6.07, 6.45) is 1.18. The van der Waals surface area contributed by atoms with E-state index < -0.39 is 0 Å². The lowest BCUT2D eigenvalue weighted by atomic mass is 10.6. The maximum absolute atomic E-state index is 10.6. The monoisotopic (exact) mass is 155 g/mol. The van der Waals surface area contributed by atoms with Gasteiger partial charge in [0.25, 0.3) is 0 Å². The molecular weight excluding hydrogens is 150 g/mol. The van der Waals surface area contributed by atoms with Crippen molar-refractivity contribution in [3.8, 4) is 0 Å². The van der Waals surface area contributed by atoms with Gasteiger partial charge in [0.15, 0.2) is 0 Å². The number of carbonyl (C=O) groups excluding carboxylic acids is 1. The molecule has 10 heavy (non-hydrogen) atoms. The molecule has 0 saturated heterocycles. The molecule has 0 saturated carbocycles. The highest BCUT2D eigenvalue weighted by Gasteiger charge is 1.97. The van der Waals surface area contributed by atoms with E-state index in [9.17, 15) is 4.79 Å². The third-order valence-electron chi connectivity index (χ3n) is 0.776. The first-order valence-electron chi connectivity index (χ1n) is 2.52. The van der Waals surface area contributed by atoms with Crippen LogP contribution in [-0.2, 0) is 4.79 Å². The van der Waals surface area contributed by atoms with Crippen molar-refractivity contribution in [3.63, 3.8) is 0 Å². The smallest absolute Gasteiger partial charge is 0.249 e. The molecule has 0 radical (unpaired) electrons. The Bertz CT molecular complexity index is 231. The number of anilines is 1. The van der Waals surface area contributed by atoms with Gasteiger partial charge in [-0.1, -0.05) is 17.9 Å². The van der Waals surface area contributed by atoms with E-state index in [2.05, 4.69) is 22.1 Å². The molecule has 1 aromatic heterocycles. The summed E-state index contributed by atoms with van der Waals surface area (Å²) >= 11 is 1.26. The van der Waals surface area contributed by atoms with Crippen molar-refractivity contribution >= 4 is 22.4 Å². The van der Waals surface area contributed by atoms with E-state index in [0.717, 1.165) is 0 Å². The third kappa shape index (κ3) is 1.63. The quantitative estimate of drug-likeness (QED) is 0.638. The summed E-state index contributed by atoms with van der Waals surface area (Å²) in [5.74, 6) is -0.267. The molecule has 1 rings (SSSR count). The van der Waals surface area contributed by atoms with Gasteiger partial charge in [-0.3, -0.25) is 10.1 Å². The van der Waals surface area contributed by atoms with Gasteiger partial charge >= 0.3 is 0 Å². The molecule has 0 aliphatic heterocycles. The van der Waals surface area contributed by atoms with Gasteiger partial charge in [-0.05, 0) is 6.08 Å². The lowest BCUT2D eigenvalue weighted by molar-refractivity contribution is -0.111. The zero-order valence-electron chi connectivity index (χ0n) is 5.07. The minimum atomic E-state index is -0.267. The summed E-state index contributed by atoms with van der Waals surface area (Å²) in [5, 5.41) is 10.1. The Labute approximate surface area is 61.6 Å². The van der Waals surface area contributed by atoms with Crippen molar-refractivity contribution in [2.75, 3.05) is 5.32 Å². The molecule has 0 atom stereocenters. The van der Waals surface area contributed by atoms with Crippen molar-refractivity contribution in [2.24, 2.45) is 0 Å². The SMILES string of the molecule is C=CC(=O)Nc1nncs1. The fourth-order valence-corrected chi connectivity index (χ4v) is 0.832. The standard InChI is InChI=1S/C5H5N3OS/c1-2-4(9)7-5-8-6-3-10-5/h2-3H,1H2,(H,7,8,9). The van der Waals surface area contributed by atoms with Crippen LogP contribution in [0.3, 0.4) is 0 Å². The molecule has 4 nitrogen and oxygen atoms in total.